The Morgan fingerprint density at radius 2 is 1.95 bits per heavy atom. The smallest absolute Gasteiger partial charge is 0.215 e. The molecule has 1 aliphatic rings. The Morgan fingerprint density at radius 1 is 1.32 bits per heavy atom. The molecule has 4 nitrogen and oxygen atoms in total. The van der Waals surface area contributed by atoms with Gasteiger partial charge in [-0.15, -0.1) is 0 Å². The van der Waals surface area contributed by atoms with Crippen LogP contribution in [-0.4, -0.2) is 42.8 Å². The molecular formula is C14H21NO3S. The van der Waals surface area contributed by atoms with Crippen LogP contribution < -0.4 is 0 Å². The maximum atomic E-state index is 12.4. The van der Waals surface area contributed by atoms with Crippen LogP contribution in [0.2, 0.25) is 0 Å². The van der Waals surface area contributed by atoms with E-state index in [1.807, 2.05) is 37.3 Å². The molecule has 0 aromatic heterocycles. The third kappa shape index (κ3) is 3.78. The van der Waals surface area contributed by atoms with Crippen molar-refractivity contribution < 1.29 is 13.5 Å². The van der Waals surface area contributed by atoms with E-state index in [0.29, 0.717) is 0 Å². The van der Waals surface area contributed by atoms with E-state index in [-0.39, 0.29) is 30.9 Å². The van der Waals surface area contributed by atoms with Gasteiger partial charge in [0.15, 0.2) is 0 Å². The van der Waals surface area contributed by atoms with Crippen molar-refractivity contribution in [2.75, 3.05) is 18.9 Å². The number of hydrogen-bond donors (Lipinski definition) is 1. The average Bonchev–Trinajstić information content (AvgIpc) is 3.20. The first-order valence-corrected chi connectivity index (χ1v) is 8.31. The first-order valence-electron chi connectivity index (χ1n) is 6.70. The minimum atomic E-state index is -3.30. The number of hydrogen-bond acceptors (Lipinski definition) is 3. The molecule has 1 aromatic carbocycles. The van der Waals surface area contributed by atoms with Gasteiger partial charge in [-0.05, 0) is 24.3 Å². The molecule has 5 heteroatoms. The van der Waals surface area contributed by atoms with Gasteiger partial charge in [0.25, 0.3) is 0 Å². The van der Waals surface area contributed by atoms with Crippen molar-refractivity contribution in [3.05, 3.63) is 35.9 Å². The fraction of sp³-hybridized carbons (Fsp3) is 0.571. The lowest BCUT2D eigenvalue weighted by molar-refractivity contribution is 0.250. The predicted octanol–water partition coefficient (Wildman–Crippen LogP) is 1.58. The minimum Gasteiger partial charge on any atom is -0.395 e. The summed E-state index contributed by atoms with van der Waals surface area (Å²) in [5.74, 6) is 0.0687. The highest BCUT2D eigenvalue weighted by atomic mass is 32.2. The number of sulfonamides is 1. The van der Waals surface area contributed by atoms with Gasteiger partial charge in [0.1, 0.15) is 0 Å². The first-order chi connectivity index (χ1) is 9.04. The van der Waals surface area contributed by atoms with Crippen LogP contribution in [0.3, 0.4) is 0 Å². The van der Waals surface area contributed by atoms with Crippen LogP contribution in [0, 0.1) is 0 Å². The van der Waals surface area contributed by atoms with E-state index in [4.69, 9.17) is 5.11 Å². The Balaban J connectivity index is 2.07. The maximum Gasteiger partial charge on any atom is 0.215 e. The standard InChI is InChI=1S/C14H21NO3S/c1-12(13-5-3-2-4-6-13)11-19(17,18)15(9-10-16)14-7-8-14/h2-6,12,14,16H,7-11H2,1H3. The molecule has 0 aliphatic heterocycles. The van der Waals surface area contributed by atoms with Crippen molar-refractivity contribution in [1.29, 1.82) is 0 Å². The van der Waals surface area contributed by atoms with Crippen LogP contribution in [0.15, 0.2) is 30.3 Å². The molecule has 19 heavy (non-hydrogen) atoms. The maximum absolute atomic E-state index is 12.4. The molecule has 0 amide bonds. The zero-order valence-corrected chi connectivity index (χ0v) is 12.0. The van der Waals surface area contributed by atoms with Gasteiger partial charge in [-0.3, -0.25) is 0 Å². The van der Waals surface area contributed by atoms with E-state index in [9.17, 15) is 8.42 Å². The summed E-state index contributed by atoms with van der Waals surface area (Å²) in [5, 5.41) is 9.02. The molecule has 0 saturated heterocycles. The monoisotopic (exact) mass is 283 g/mol. The van der Waals surface area contributed by atoms with E-state index < -0.39 is 10.0 Å². The molecule has 1 fully saturated rings. The summed E-state index contributed by atoms with van der Waals surface area (Å²) in [4.78, 5) is 0. The second kappa shape index (κ2) is 6.03. The summed E-state index contributed by atoms with van der Waals surface area (Å²) in [5.41, 5.74) is 1.03. The summed E-state index contributed by atoms with van der Waals surface area (Å²) >= 11 is 0. The van der Waals surface area contributed by atoms with E-state index in [1.165, 1.54) is 4.31 Å². The summed E-state index contributed by atoms with van der Waals surface area (Å²) in [6, 6.07) is 9.78. The Kier molecular flexibility index (Phi) is 4.60. The Hall–Kier alpha value is -0.910. The Bertz CT molecular complexity index is 497. The third-order valence-corrected chi connectivity index (χ3v) is 5.58. The summed E-state index contributed by atoms with van der Waals surface area (Å²) < 4.78 is 26.3. The van der Waals surface area contributed by atoms with E-state index >= 15 is 0 Å². The van der Waals surface area contributed by atoms with Gasteiger partial charge >= 0.3 is 0 Å². The van der Waals surface area contributed by atoms with Gasteiger partial charge in [0.05, 0.1) is 12.4 Å². The SMILES string of the molecule is CC(CS(=O)(=O)N(CCO)C1CC1)c1ccccc1. The van der Waals surface area contributed by atoms with Crippen LogP contribution in [0.1, 0.15) is 31.2 Å². The van der Waals surface area contributed by atoms with E-state index in [2.05, 4.69) is 0 Å². The lowest BCUT2D eigenvalue weighted by Crippen LogP contribution is -2.38. The van der Waals surface area contributed by atoms with Crippen LogP contribution in [0.5, 0.6) is 0 Å². The number of aliphatic hydroxyl groups excluding tert-OH is 1. The van der Waals surface area contributed by atoms with E-state index in [1.54, 1.807) is 0 Å². The van der Waals surface area contributed by atoms with E-state index in [0.717, 1.165) is 18.4 Å². The molecule has 2 rings (SSSR count). The average molecular weight is 283 g/mol. The highest BCUT2D eigenvalue weighted by Gasteiger charge is 2.37. The quantitative estimate of drug-likeness (QED) is 0.826. The molecule has 1 saturated carbocycles. The van der Waals surface area contributed by atoms with Gasteiger partial charge in [0, 0.05) is 12.6 Å². The molecule has 0 spiro atoms. The normalized spacial score (nSPS) is 17.6. The number of benzene rings is 1. The predicted molar refractivity (Wildman–Crippen MR) is 75.5 cm³/mol. The van der Waals surface area contributed by atoms with Crippen LogP contribution in [0.4, 0.5) is 0 Å². The summed E-state index contributed by atoms with van der Waals surface area (Å²) in [6.07, 6.45) is 1.83. The topological polar surface area (TPSA) is 57.6 Å². The van der Waals surface area contributed by atoms with Crippen molar-refractivity contribution in [1.82, 2.24) is 4.31 Å². The minimum absolute atomic E-state index is 0.0360. The molecule has 1 unspecified atom stereocenters. The second-order valence-corrected chi connectivity index (χ2v) is 7.12. The molecule has 1 atom stereocenters. The molecule has 1 aliphatic carbocycles. The van der Waals surface area contributed by atoms with Gasteiger partial charge < -0.3 is 5.11 Å². The molecule has 0 radical (unpaired) electrons. The van der Waals surface area contributed by atoms with Crippen LogP contribution in [-0.2, 0) is 10.0 Å². The number of nitrogens with zero attached hydrogens (tertiary/aromatic N) is 1. The van der Waals surface area contributed by atoms with Gasteiger partial charge in [-0.25, -0.2) is 8.42 Å². The van der Waals surface area contributed by atoms with Gasteiger partial charge in [-0.2, -0.15) is 4.31 Å². The zero-order chi connectivity index (χ0) is 13.9. The first kappa shape index (κ1) is 14.5. The zero-order valence-electron chi connectivity index (χ0n) is 11.2. The molecule has 1 aromatic rings. The lowest BCUT2D eigenvalue weighted by Gasteiger charge is -2.23. The highest BCUT2D eigenvalue weighted by molar-refractivity contribution is 7.89. The van der Waals surface area contributed by atoms with Crippen molar-refractivity contribution in [3.63, 3.8) is 0 Å². The van der Waals surface area contributed by atoms with Crippen LogP contribution >= 0.6 is 0 Å². The van der Waals surface area contributed by atoms with Gasteiger partial charge in [-0.1, -0.05) is 37.3 Å². The number of aliphatic hydroxyl groups is 1. The van der Waals surface area contributed by atoms with Gasteiger partial charge in [0.2, 0.25) is 10.0 Å². The molecular weight excluding hydrogens is 262 g/mol. The third-order valence-electron chi connectivity index (χ3n) is 3.46. The van der Waals surface area contributed by atoms with Crippen LogP contribution in [0.25, 0.3) is 0 Å². The fourth-order valence-corrected chi connectivity index (χ4v) is 4.34. The lowest BCUT2D eigenvalue weighted by atomic mass is 10.0. The van der Waals surface area contributed by atoms with Crippen molar-refractivity contribution in [3.8, 4) is 0 Å². The molecule has 106 valence electrons. The Morgan fingerprint density at radius 3 is 2.47 bits per heavy atom. The number of rotatable bonds is 7. The van der Waals surface area contributed by atoms with Crippen molar-refractivity contribution in [2.24, 2.45) is 0 Å². The largest absolute Gasteiger partial charge is 0.395 e. The second-order valence-electron chi connectivity index (χ2n) is 5.16. The molecule has 0 bridgehead atoms. The summed E-state index contributed by atoms with van der Waals surface area (Å²) in [7, 11) is -3.30. The molecule has 1 N–H and O–H groups in total. The van der Waals surface area contributed by atoms with Crippen molar-refractivity contribution >= 4 is 10.0 Å². The molecule has 0 heterocycles. The Labute approximate surface area is 115 Å². The summed E-state index contributed by atoms with van der Waals surface area (Å²) in [6.45, 7) is 2.03. The van der Waals surface area contributed by atoms with Crippen molar-refractivity contribution in [2.45, 2.75) is 31.7 Å². The highest BCUT2D eigenvalue weighted by Crippen LogP contribution is 2.30. The fourth-order valence-electron chi connectivity index (χ4n) is 2.30.